The highest BCUT2D eigenvalue weighted by Gasteiger charge is 2.33. The largest absolute Gasteiger partial charge is 0.471 e. The van der Waals surface area contributed by atoms with E-state index in [-0.39, 0.29) is 5.02 Å². The van der Waals surface area contributed by atoms with E-state index in [4.69, 9.17) is 16.4 Å². The molecule has 1 rings (SSSR count). The van der Waals surface area contributed by atoms with Crippen molar-refractivity contribution in [1.82, 2.24) is 0 Å². The van der Waals surface area contributed by atoms with Gasteiger partial charge in [-0.3, -0.25) is 4.79 Å². The minimum absolute atomic E-state index is 0.132. The summed E-state index contributed by atoms with van der Waals surface area (Å²) >= 11 is 5.59. The monoisotopic (exact) mass is 282 g/mol. The van der Waals surface area contributed by atoms with Crippen LogP contribution in [0.15, 0.2) is 12.1 Å². The van der Waals surface area contributed by atoms with Crippen molar-refractivity contribution in [3.05, 3.63) is 33.8 Å². The molecule has 1 aromatic rings. The molecule has 0 aromatic heterocycles. The van der Waals surface area contributed by atoms with Crippen molar-refractivity contribution in [3.63, 3.8) is 0 Å². The van der Waals surface area contributed by atoms with Crippen LogP contribution in [-0.4, -0.2) is 13.6 Å². The number of benzene rings is 1. The summed E-state index contributed by atoms with van der Waals surface area (Å²) in [6.45, 7) is 3.71. The van der Waals surface area contributed by atoms with Gasteiger partial charge in [0.05, 0.1) is 12.7 Å². The summed E-state index contributed by atoms with van der Waals surface area (Å²) < 4.78 is 41.5. The van der Waals surface area contributed by atoms with Gasteiger partial charge in [0, 0.05) is 5.02 Å². The zero-order valence-corrected chi connectivity index (χ0v) is 11.0. The Balaban J connectivity index is 0.000000631. The first-order valence-corrected chi connectivity index (χ1v) is 5.48. The number of hydrogen-bond donors (Lipinski definition) is 0. The summed E-state index contributed by atoms with van der Waals surface area (Å²) in [6, 6.07) is 2.53. The van der Waals surface area contributed by atoms with Crippen LogP contribution < -0.4 is 0 Å². The number of methoxy groups -OCH3 is 1. The van der Waals surface area contributed by atoms with Crippen LogP contribution in [0.3, 0.4) is 0 Å². The molecule has 0 atom stereocenters. The molecule has 0 heterocycles. The first-order chi connectivity index (χ1) is 8.27. The number of rotatable bonds is 2. The predicted octanol–water partition coefficient (Wildman–Crippen LogP) is 4.02. The second kappa shape index (κ2) is 7.26. The van der Waals surface area contributed by atoms with Crippen LogP contribution in [0.1, 0.15) is 23.6 Å². The number of aryl methyl sites for hydroxylation is 1. The van der Waals surface area contributed by atoms with E-state index in [1.54, 1.807) is 19.9 Å². The fourth-order valence-corrected chi connectivity index (χ4v) is 1.77. The Morgan fingerprint density at radius 2 is 1.89 bits per heavy atom. The van der Waals surface area contributed by atoms with E-state index in [1.165, 1.54) is 7.11 Å². The molecule has 0 fully saturated rings. The van der Waals surface area contributed by atoms with Gasteiger partial charge in [0.2, 0.25) is 0 Å². The Morgan fingerprint density at radius 1 is 1.39 bits per heavy atom. The molecule has 0 saturated carbocycles. The highest BCUT2D eigenvalue weighted by atomic mass is 35.5. The molecule has 18 heavy (non-hydrogen) atoms. The first kappa shape index (κ1) is 16.8. The molecule has 0 aliphatic heterocycles. The van der Waals surface area contributed by atoms with E-state index in [9.17, 15) is 13.2 Å². The number of halogens is 4. The normalized spacial score (nSPS) is 10.4. The molecule has 0 bridgehead atoms. The van der Waals surface area contributed by atoms with Gasteiger partial charge < -0.3 is 4.74 Å². The fourth-order valence-electron chi connectivity index (χ4n) is 1.50. The van der Waals surface area contributed by atoms with Crippen molar-refractivity contribution in [2.75, 3.05) is 7.11 Å². The molecule has 102 valence electrons. The smallest absolute Gasteiger partial charge is 0.416 e. The first-order valence-electron chi connectivity index (χ1n) is 5.10. The highest BCUT2D eigenvalue weighted by molar-refractivity contribution is 6.30. The van der Waals surface area contributed by atoms with Crippen LogP contribution in [0.5, 0.6) is 0 Å². The molecule has 0 spiro atoms. The summed E-state index contributed by atoms with van der Waals surface area (Å²) in [7, 11) is 1.31. The minimum atomic E-state index is -4.32. The summed E-state index contributed by atoms with van der Waals surface area (Å²) in [4.78, 5) is 8.95. The molecule has 0 amide bonds. The maximum Gasteiger partial charge on any atom is 0.416 e. The number of carbonyl (C=O) groups excluding carboxylic acids is 1. The van der Waals surface area contributed by atoms with Gasteiger partial charge in [-0.2, -0.15) is 13.2 Å². The lowest BCUT2D eigenvalue weighted by Gasteiger charge is -2.14. The Kier molecular flexibility index (Phi) is 6.76. The zero-order valence-electron chi connectivity index (χ0n) is 10.3. The zero-order chi connectivity index (χ0) is 14.3. The van der Waals surface area contributed by atoms with E-state index >= 15 is 0 Å². The third-order valence-electron chi connectivity index (χ3n) is 2.19. The third-order valence-corrected chi connectivity index (χ3v) is 2.41. The minimum Gasteiger partial charge on any atom is -0.471 e. The molecule has 0 aliphatic rings. The number of hydrogen-bond acceptors (Lipinski definition) is 2. The van der Waals surface area contributed by atoms with Crippen LogP contribution in [0, 0.1) is 6.92 Å². The van der Waals surface area contributed by atoms with Crippen LogP contribution in [0.2, 0.25) is 5.02 Å². The van der Waals surface area contributed by atoms with E-state index in [2.05, 4.69) is 4.74 Å². The maximum atomic E-state index is 12.5. The van der Waals surface area contributed by atoms with Crippen LogP contribution >= 0.6 is 11.6 Å². The van der Waals surface area contributed by atoms with Gasteiger partial charge in [0.25, 0.3) is 6.47 Å². The molecule has 0 radical (unpaired) electrons. The Bertz CT molecular complexity index is 403. The second-order valence-corrected chi connectivity index (χ2v) is 3.87. The maximum absolute atomic E-state index is 12.5. The molecule has 0 saturated heterocycles. The Labute approximate surface area is 109 Å². The van der Waals surface area contributed by atoms with Crippen molar-refractivity contribution in [3.8, 4) is 0 Å². The lowest BCUT2D eigenvalue weighted by atomic mass is 9.99. The number of alkyl halides is 3. The molecule has 0 unspecified atom stereocenters. The number of ether oxygens (including phenoxy) is 1. The van der Waals surface area contributed by atoms with Crippen molar-refractivity contribution in [2.24, 2.45) is 0 Å². The van der Waals surface area contributed by atoms with E-state index < -0.39 is 11.7 Å². The lowest BCUT2D eigenvalue weighted by Crippen LogP contribution is -2.10. The standard InChI is InChI=1S/C10H10ClF3.C2H4O2/c1-3-8-6(2)4-7(11)5-9(8)10(12,13)14;1-4-2-3/h4-5H,3H2,1-2H3;2H,1H3. The van der Waals surface area contributed by atoms with Gasteiger partial charge >= 0.3 is 6.18 Å². The summed E-state index contributed by atoms with van der Waals surface area (Å²) in [5.74, 6) is 0. The van der Waals surface area contributed by atoms with E-state index in [1.807, 2.05) is 0 Å². The molecule has 0 N–H and O–H groups in total. The average molecular weight is 283 g/mol. The SMILES string of the molecule is CCc1c(C)cc(Cl)cc1C(F)(F)F.COC=O. The van der Waals surface area contributed by atoms with Gasteiger partial charge in [-0.15, -0.1) is 0 Å². The topological polar surface area (TPSA) is 26.3 Å². The van der Waals surface area contributed by atoms with Crippen molar-refractivity contribution in [2.45, 2.75) is 26.4 Å². The van der Waals surface area contributed by atoms with Gasteiger partial charge in [-0.25, -0.2) is 0 Å². The molecule has 2 nitrogen and oxygen atoms in total. The van der Waals surface area contributed by atoms with Gasteiger partial charge in [-0.1, -0.05) is 18.5 Å². The van der Waals surface area contributed by atoms with E-state index in [0.29, 0.717) is 24.0 Å². The second-order valence-electron chi connectivity index (χ2n) is 3.43. The molecular weight excluding hydrogens is 269 g/mol. The Hall–Kier alpha value is -1.23. The highest BCUT2D eigenvalue weighted by Crippen LogP contribution is 2.35. The average Bonchev–Trinajstić information content (AvgIpc) is 2.27. The van der Waals surface area contributed by atoms with Crippen LogP contribution in [0.4, 0.5) is 13.2 Å². The summed E-state index contributed by atoms with van der Waals surface area (Å²) in [5.41, 5.74) is 0.291. The number of carbonyl (C=O) groups is 1. The fraction of sp³-hybridized carbons (Fsp3) is 0.417. The van der Waals surface area contributed by atoms with Crippen molar-refractivity contribution >= 4 is 18.1 Å². The predicted molar refractivity (Wildman–Crippen MR) is 63.6 cm³/mol. The van der Waals surface area contributed by atoms with E-state index in [0.717, 1.165) is 6.07 Å². The molecular formula is C12H14ClF3O2. The van der Waals surface area contributed by atoms with Crippen LogP contribution in [0.25, 0.3) is 0 Å². The summed E-state index contributed by atoms with van der Waals surface area (Å²) in [5, 5.41) is 0.132. The van der Waals surface area contributed by atoms with Crippen LogP contribution in [-0.2, 0) is 22.1 Å². The quantitative estimate of drug-likeness (QED) is 0.766. The Morgan fingerprint density at radius 3 is 2.22 bits per heavy atom. The molecule has 1 aromatic carbocycles. The van der Waals surface area contributed by atoms with Crippen molar-refractivity contribution in [1.29, 1.82) is 0 Å². The van der Waals surface area contributed by atoms with Gasteiger partial charge in [-0.05, 0) is 36.6 Å². The molecule has 0 aliphatic carbocycles. The van der Waals surface area contributed by atoms with Crippen molar-refractivity contribution < 1.29 is 22.7 Å². The van der Waals surface area contributed by atoms with Gasteiger partial charge in [0.15, 0.2) is 0 Å². The third kappa shape index (κ3) is 4.96. The molecule has 6 heteroatoms. The van der Waals surface area contributed by atoms with Gasteiger partial charge in [0.1, 0.15) is 0 Å². The lowest BCUT2D eigenvalue weighted by molar-refractivity contribution is -0.138. The summed E-state index contributed by atoms with van der Waals surface area (Å²) in [6.07, 6.45) is -3.96.